The van der Waals surface area contributed by atoms with Gasteiger partial charge in [0.15, 0.2) is 9.84 Å². The van der Waals surface area contributed by atoms with Gasteiger partial charge in [-0.1, -0.05) is 35.0 Å². The van der Waals surface area contributed by atoms with Crippen LogP contribution in [0.15, 0.2) is 23.1 Å². The molecule has 0 radical (unpaired) electrons. The Morgan fingerprint density at radius 2 is 2.06 bits per heavy atom. The molecule has 1 rings (SSSR count). The molecule has 18 heavy (non-hydrogen) atoms. The third kappa shape index (κ3) is 3.52. The molecule has 0 fully saturated rings. The van der Waals surface area contributed by atoms with Crippen LogP contribution in [0.4, 0.5) is 5.69 Å². The van der Waals surface area contributed by atoms with Crippen LogP contribution in [0.3, 0.4) is 0 Å². The van der Waals surface area contributed by atoms with Gasteiger partial charge in [0.05, 0.1) is 4.92 Å². The lowest BCUT2D eigenvalue weighted by atomic mass is 10.1. The summed E-state index contributed by atoms with van der Waals surface area (Å²) >= 11 is 3.40. The number of rotatable bonds is 5. The third-order valence-corrected chi connectivity index (χ3v) is 4.65. The molecule has 100 valence electrons. The van der Waals surface area contributed by atoms with Crippen LogP contribution in [0.1, 0.15) is 18.9 Å². The molecule has 0 aliphatic heterocycles. The Kier molecular flexibility index (Phi) is 4.86. The predicted molar refractivity (Wildman–Crippen MR) is 72.9 cm³/mol. The minimum atomic E-state index is -3.60. The minimum absolute atomic E-state index is 0.0889. The molecule has 5 nitrogen and oxygen atoms in total. The molecule has 1 aromatic rings. The maximum absolute atomic E-state index is 11.5. The average molecular weight is 336 g/mol. The van der Waals surface area contributed by atoms with Gasteiger partial charge in [-0.2, -0.15) is 0 Å². The zero-order chi connectivity index (χ0) is 13.9. The van der Waals surface area contributed by atoms with Crippen LogP contribution in [0.5, 0.6) is 0 Å². The van der Waals surface area contributed by atoms with Crippen molar-refractivity contribution >= 4 is 31.5 Å². The lowest BCUT2D eigenvalue weighted by Gasteiger charge is -2.09. The van der Waals surface area contributed by atoms with Gasteiger partial charge >= 0.3 is 0 Å². The zero-order valence-corrected chi connectivity index (χ0v) is 12.5. The van der Waals surface area contributed by atoms with E-state index in [0.29, 0.717) is 12.0 Å². The summed E-state index contributed by atoms with van der Waals surface area (Å²) < 4.78 is 23.1. The van der Waals surface area contributed by atoms with Crippen molar-refractivity contribution in [2.75, 3.05) is 6.26 Å². The van der Waals surface area contributed by atoms with E-state index in [1.54, 1.807) is 6.07 Å². The van der Waals surface area contributed by atoms with E-state index >= 15 is 0 Å². The first-order valence-corrected chi connectivity index (χ1v) is 8.18. The van der Waals surface area contributed by atoms with Crippen molar-refractivity contribution in [3.8, 4) is 0 Å². The second-order valence-electron chi connectivity index (χ2n) is 4.00. The van der Waals surface area contributed by atoms with Gasteiger partial charge < -0.3 is 0 Å². The summed E-state index contributed by atoms with van der Waals surface area (Å²) in [4.78, 5) is 10.3. The monoisotopic (exact) mass is 335 g/mol. The van der Waals surface area contributed by atoms with Crippen molar-refractivity contribution in [3.05, 3.63) is 33.9 Å². The number of halogens is 1. The number of nitrogens with zero attached hydrogens (tertiary/aromatic N) is 1. The SMILES string of the molecule is CCC(Br)Cc1cccc(S(C)(=O)=O)c1[N+](=O)[O-]. The van der Waals surface area contributed by atoms with Crippen LogP contribution >= 0.6 is 15.9 Å². The van der Waals surface area contributed by atoms with Crippen molar-refractivity contribution < 1.29 is 13.3 Å². The van der Waals surface area contributed by atoms with Gasteiger partial charge in [-0.15, -0.1) is 0 Å². The van der Waals surface area contributed by atoms with Crippen LogP contribution in [0, 0.1) is 10.1 Å². The van der Waals surface area contributed by atoms with Crippen LogP contribution in [-0.4, -0.2) is 24.4 Å². The summed E-state index contributed by atoms with van der Waals surface area (Å²) in [7, 11) is -3.60. The maximum Gasteiger partial charge on any atom is 0.291 e. The Bertz CT molecular complexity index is 556. The lowest BCUT2D eigenvalue weighted by Crippen LogP contribution is -2.08. The quantitative estimate of drug-likeness (QED) is 0.471. The largest absolute Gasteiger partial charge is 0.291 e. The van der Waals surface area contributed by atoms with E-state index in [-0.39, 0.29) is 15.4 Å². The summed E-state index contributed by atoms with van der Waals surface area (Å²) in [6.45, 7) is 1.95. The fourth-order valence-electron chi connectivity index (χ4n) is 1.62. The van der Waals surface area contributed by atoms with Gasteiger partial charge in [0.25, 0.3) is 5.69 Å². The second-order valence-corrected chi connectivity index (χ2v) is 7.28. The van der Waals surface area contributed by atoms with E-state index < -0.39 is 14.8 Å². The van der Waals surface area contributed by atoms with Gasteiger partial charge in [-0.25, -0.2) is 8.42 Å². The molecule has 1 atom stereocenters. The highest BCUT2D eigenvalue weighted by Gasteiger charge is 2.26. The first-order valence-electron chi connectivity index (χ1n) is 5.37. The Morgan fingerprint density at radius 3 is 2.50 bits per heavy atom. The summed E-state index contributed by atoms with van der Waals surface area (Å²) in [5, 5.41) is 11.1. The van der Waals surface area contributed by atoms with E-state index in [2.05, 4.69) is 15.9 Å². The number of sulfone groups is 1. The van der Waals surface area contributed by atoms with Gasteiger partial charge in [0.2, 0.25) is 0 Å². The number of nitro groups is 1. The molecule has 0 amide bonds. The molecule has 0 aliphatic carbocycles. The molecule has 0 aromatic heterocycles. The normalized spacial score (nSPS) is 13.3. The molecular weight excluding hydrogens is 322 g/mol. The molecular formula is C11H14BrNO4S. The number of para-hydroxylation sites is 1. The minimum Gasteiger partial charge on any atom is -0.258 e. The summed E-state index contributed by atoms with van der Waals surface area (Å²) in [5.74, 6) is 0. The summed E-state index contributed by atoms with van der Waals surface area (Å²) in [6.07, 6.45) is 2.21. The number of hydrogen-bond acceptors (Lipinski definition) is 4. The number of benzene rings is 1. The van der Waals surface area contributed by atoms with E-state index in [1.165, 1.54) is 12.1 Å². The molecule has 7 heteroatoms. The molecule has 0 heterocycles. The number of nitro benzene ring substituents is 1. The van der Waals surface area contributed by atoms with E-state index in [9.17, 15) is 18.5 Å². The van der Waals surface area contributed by atoms with E-state index in [4.69, 9.17) is 0 Å². The first kappa shape index (κ1) is 15.1. The van der Waals surface area contributed by atoms with Crippen molar-refractivity contribution in [2.24, 2.45) is 0 Å². The fraction of sp³-hybridized carbons (Fsp3) is 0.455. The van der Waals surface area contributed by atoms with Crippen LogP contribution in [-0.2, 0) is 16.3 Å². The fourth-order valence-corrected chi connectivity index (χ4v) is 2.85. The van der Waals surface area contributed by atoms with Crippen molar-refractivity contribution in [2.45, 2.75) is 29.5 Å². The van der Waals surface area contributed by atoms with Gasteiger partial charge in [-0.3, -0.25) is 10.1 Å². The molecule has 0 saturated carbocycles. The summed E-state index contributed by atoms with van der Waals surface area (Å²) in [6, 6.07) is 4.40. The van der Waals surface area contributed by atoms with E-state index in [1.807, 2.05) is 6.92 Å². The third-order valence-electron chi connectivity index (χ3n) is 2.55. The predicted octanol–water partition coefficient (Wildman–Crippen LogP) is 2.71. The molecule has 0 aliphatic rings. The molecule has 0 N–H and O–H groups in total. The first-order chi connectivity index (χ1) is 8.27. The van der Waals surface area contributed by atoms with Gasteiger partial charge in [0.1, 0.15) is 4.90 Å². The lowest BCUT2D eigenvalue weighted by molar-refractivity contribution is -0.388. The number of hydrogen-bond donors (Lipinski definition) is 0. The van der Waals surface area contributed by atoms with Gasteiger partial charge in [-0.05, 0) is 18.9 Å². The average Bonchev–Trinajstić information content (AvgIpc) is 2.27. The van der Waals surface area contributed by atoms with Crippen LogP contribution in [0.2, 0.25) is 0 Å². The Labute approximate surface area is 114 Å². The van der Waals surface area contributed by atoms with Crippen molar-refractivity contribution in [3.63, 3.8) is 0 Å². The highest BCUT2D eigenvalue weighted by Crippen LogP contribution is 2.30. The molecule has 1 aromatic carbocycles. The van der Waals surface area contributed by atoms with Gasteiger partial charge in [0, 0.05) is 16.6 Å². The summed E-state index contributed by atoms with van der Waals surface area (Å²) in [5.41, 5.74) is 0.129. The zero-order valence-electron chi connectivity index (χ0n) is 10.1. The standard InChI is InChI=1S/C11H14BrNO4S/c1-3-9(12)7-8-5-4-6-10(18(2,16)17)11(8)13(14)15/h4-6,9H,3,7H2,1-2H3. The highest BCUT2D eigenvalue weighted by molar-refractivity contribution is 9.09. The van der Waals surface area contributed by atoms with E-state index in [0.717, 1.165) is 12.7 Å². The van der Waals surface area contributed by atoms with Crippen LogP contribution < -0.4 is 0 Å². The highest BCUT2D eigenvalue weighted by atomic mass is 79.9. The molecule has 0 spiro atoms. The molecule has 0 saturated heterocycles. The maximum atomic E-state index is 11.5. The Balaban J connectivity index is 3.40. The molecule has 0 bridgehead atoms. The van der Waals surface area contributed by atoms with Crippen LogP contribution in [0.25, 0.3) is 0 Å². The van der Waals surface area contributed by atoms with Crippen molar-refractivity contribution in [1.82, 2.24) is 0 Å². The smallest absolute Gasteiger partial charge is 0.258 e. The topological polar surface area (TPSA) is 77.3 Å². The Morgan fingerprint density at radius 1 is 1.44 bits per heavy atom. The second kappa shape index (κ2) is 5.79. The molecule has 1 unspecified atom stereocenters. The van der Waals surface area contributed by atoms with Crippen molar-refractivity contribution in [1.29, 1.82) is 0 Å². The Hall–Kier alpha value is -0.950. The number of alkyl halides is 1.